The average molecular weight is 495 g/mol. The van der Waals surface area contributed by atoms with Crippen LogP contribution in [0, 0.1) is 13.8 Å². The molecule has 192 valence electrons. The second kappa shape index (κ2) is 11.8. The highest BCUT2D eigenvalue weighted by Gasteiger charge is 2.26. The van der Waals surface area contributed by atoms with E-state index in [1.807, 2.05) is 13.8 Å². The summed E-state index contributed by atoms with van der Waals surface area (Å²) in [7, 11) is 0. The molecule has 3 N–H and O–H groups in total. The van der Waals surface area contributed by atoms with E-state index in [4.69, 9.17) is 4.74 Å². The Balaban J connectivity index is 1.81. The second-order valence-corrected chi connectivity index (χ2v) is 8.83. The maximum Gasteiger partial charge on any atom is 0.303 e. The molecule has 0 saturated heterocycles. The molecule has 0 aliphatic carbocycles. The number of ketones is 1. The van der Waals surface area contributed by atoms with Crippen molar-refractivity contribution in [3.05, 3.63) is 51.8 Å². The van der Waals surface area contributed by atoms with Gasteiger partial charge in [-0.1, -0.05) is 19.9 Å². The summed E-state index contributed by atoms with van der Waals surface area (Å²) in [6.07, 6.45) is 1.82. The third kappa shape index (κ3) is 6.28. The van der Waals surface area contributed by atoms with Gasteiger partial charge in [-0.15, -0.1) is 0 Å². The largest absolute Gasteiger partial charge is 0.458 e. The molecule has 0 spiro atoms. The molecule has 1 aromatic heterocycles. The highest BCUT2D eigenvalue weighted by molar-refractivity contribution is 6.35. The first-order chi connectivity index (χ1) is 17.1. The highest BCUT2D eigenvalue weighted by atomic mass is 16.5. The maximum absolute atomic E-state index is 12.9. The van der Waals surface area contributed by atoms with Gasteiger partial charge in [-0.25, -0.2) is 0 Å². The predicted octanol–water partition coefficient (Wildman–Crippen LogP) is 2.87. The molecule has 1 aliphatic heterocycles. The smallest absolute Gasteiger partial charge is 0.303 e. The van der Waals surface area contributed by atoms with Crippen LogP contribution in [0.2, 0.25) is 0 Å². The molecule has 3 rings (SSSR count). The van der Waals surface area contributed by atoms with Crippen molar-refractivity contribution in [3.63, 3.8) is 0 Å². The number of H-pyrrole nitrogens is 1. The number of fused-ring (bicyclic) bond motifs is 1. The third-order valence-electron chi connectivity index (χ3n) is 6.30. The molecule has 0 bridgehead atoms. The van der Waals surface area contributed by atoms with E-state index in [0.29, 0.717) is 40.2 Å². The van der Waals surface area contributed by atoms with Crippen molar-refractivity contribution in [1.82, 2.24) is 15.2 Å². The standard InChI is InChI=1S/C27H34N4O5/c1-6-31(7-2)11-10-28-27(35)25-16(3)24(29-17(25)4)14-22-21-13-19(8-9-23(21)30-26(22)34)12-20(33)15-36-18(5)32/h8-9,13-14,29H,6-7,10-12,15H2,1-5H3,(H,28,35)(H,30,34)/b22-14-. The van der Waals surface area contributed by atoms with Crippen molar-refractivity contribution in [2.24, 2.45) is 0 Å². The molecule has 9 heteroatoms. The summed E-state index contributed by atoms with van der Waals surface area (Å²) >= 11 is 0. The van der Waals surface area contributed by atoms with Gasteiger partial charge in [0.1, 0.15) is 6.61 Å². The number of aryl methyl sites for hydroxylation is 1. The number of benzene rings is 1. The minimum absolute atomic E-state index is 0.0838. The van der Waals surface area contributed by atoms with Gasteiger partial charge in [-0.3, -0.25) is 19.2 Å². The Morgan fingerprint density at radius 3 is 2.53 bits per heavy atom. The SMILES string of the molecule is CCN(CC)CCNC(=O)c1c(C)[nH]c(/C=C2\C(=O)Nc3ccc(CC(=O)COC(C)=O)cc32)c1C. The van der Waals surface area contributed by atoms with Gasteiger partial charge in [-0.2, -0.15) is 0 Å². The number of esters is 1. The summed E-state index contributed by atoms with van der Waals surface area (Å²) in [6.45, 7) is 12.0. The zero-order chi connectivity index (χ0) is 26.4. The van der Waals surface area contributed by atoms with Crippen LogP contribution in [0.1, 0.15) is 59.2 Å². The molecule has 2 aromatic rings. The Morgan fingerprint density at radius 2 is 1.86 bits per heavy atom. The zero-order valence-electron chi connectivity index (χ0n) is 21.5. The first kappa shape index (κ1) is 26.9. The van der Waals surface area contributed by atoms with Crippen LogP contribution in [0.25, 0.3) is 11.6 Å². The lowest BCUT2D eigenvalue weighted by Crippen LogP contribution is -2.35. The Labute approximate surface area is 211 Å². The number of aromatic amines is 1. The Kier molecular flexibility index (Phi) is 8.82. The molecule has 0 fully saturated rings. The summed E-state index contributed by atoms with van der Waals surface area (Å²) < 4.78 is 4.77. The molecule has 2 amide bonds. The summed E-state index contributed by atoms with van der Waals surface area (Å²) in [4.78, 5) is 54.2. The van der Waals surface area contributed by atoms with Gasteiger partial charge in [0.05, 0.1) is 11.1 Å². The number of ether oxygens (including phenoxy) is 1. The van der Waals surface area contributed by atoms with Crippen LogP contribution in [0.15, 0.2) is 18.2 Å². The van der Waals surface area contributed by atoms with Gasteiger partial charge in [-0.05, 0) is 56.3 Å². The number of anilines is 1. The second-order valence-electron chi connectivity index (χ2n) is 8.83. The Hall–Kier alpha value is -3.72. The van der Waals surface area contributed by atoms with Gasteiger partial charge in [0.2, 0.25) is 0 Å². The minimum atomic E-state index is -0.508. The first-order valence-electron chi connectivity index (χ1n) is 12.2. The van der Waals surface area contributed by atoms with Crippen molar-refractivity contribution in [2.45, 2.75) is 41.0 Å². The average Bonchev–Trinajstić information content (AvgIpc) is 3.29. The Bertz CT molecular complexity index is 1210. The minimum Gasteiger partial charge on any atom is -0.458 e. The first-order valence-corrected chi connectivity index (χ1v) is 12.2. The van der Waals surface area contributed by atoms with E-state index >= 15 is 0 Å². The molecule has 36 heavy (non-hydrogen) atoms. The number of amides is 2. The Morgan fingerprint density at radius 1 is 1.14 bits per heavy atom. The zero-order valence-corrected chi connectivity index (χ0v) is 21.5. The fourth-order valence-electron chi connectivity index (χ4n) is 4.31. The van der Waals surface area contributed by atoms with Crippen LogP contribution in [-0.4, -0.2) is 66.2 Å². The number of hydrogen-bond donors (Lipinski definition) is 3. The normalized spacial score (nSPS) is 13.6. The predicted molar refractivity (Wildman–Crippen MR) is 139 cm³/mol. The topological polar surface area (TPSA) is 121 Å². The van der Waals surface area contributed by atoms with Crippen molar-refractivity contribution < 1.29 is 23.9 Å². The molecule has 0 atom stereocenters. The number of nitrogens with zero attached hydrogens (tertiary/aromatic N) is 1. The van der Waals surface area contributed by atoms with Gasteiger partial charge >= 0.3 is 5.97 Å². The lowest BCUT2D eigenvalue weighted by atomic mass is 9.99. The fraction of sp³-hybridized carbons (Fsp3) is 0.407. The van der Waals surface area contributed by atoms with Crippen LogP contribution < -0.4 is 10.6 Å². The molecule has 0 unspecified atom stereocenters. The van der Waals surface area contributed by atoms with E-state index < -0.39 is 5.97 Å². The van der Waals surface area contributed by atoms with Crippen LogP contribution >= 0.6 is 0 Å². The summed E-state index contributed by atoms with van der Waals surface area (Å²) in [6, 6.07) is 5.30. The summed E-state index contributed by atoms with van der Waals surface area (Å²) in [5.74, 6) is -1.15. The van der Waals surface area contributed by atoms with Crippen molar-refractivity contribution in [1.29, 1.82) is 0 Å². The van der Waals surface area contributed by atoms with E-state index in [-0.39, 0.29) is 30.6 Å². The monoisotopic (exact) mass is 494 g/mol. The molecule has 9 nitrogen and oxygen atoms in total. The van der Waals surface area contributed by atoms with E-state index in [9.17, 15) is 19.2 Å². The van der Waals surface area contributed by atoms with Crippen LogP contribution in [-0.2, 0) is 25.5 Å². The molecule has 1 aliphatic rings. The van der Waals surface area contributed by atoms with Crippen LogP contribution in [0.3, 0.4) is 0 Å². The quantitative estimate of drug-likeness (QED) is 0.326. The van der Waals surface area contributed by atoms with Gasteiger partial charge in [0.15, 0.2) is 5.78 Å². The number of likely N-dealkylation sites (N-methyl/N-ethyl adjacent to an activating group) is 1. The lowest BCUT2D eigenvalue weighted by Gasteiger charge is -2.18. The third-order valence-corrected chi connectivity index (χ3v) is 6.30. The van der Waals surface area contributed by atoms with Crippen molar-refractivity contribution >= 4 is 40.9 Å². The van der Waals surface area contributed by atoms with Crippen LogP contribution in [0.5, 0.6) is 0 Å². The fourth-order valence-corrected chi connectivity index (χ4v) is 4.31. The summed E-state index contributed by atoms with van der Waals surface area (Å²) in [5.41, 5.74) is 5.21. The molecule has 0 radical (unpaired) electrons. The number of carbonyl (C=O) groups is 4. The number of rotatable bonds is 11. The number of hydrogen-bond acceptors (Lipinski definition) is 6. The van der Waals surface area contributed by atoms with E-state index in [0.717, 1.165) is 30.9 Å². The maximum atomic E-state index is 12.9. The summed E-state index contributed by atoms with van der Waals surface area (Å²) in [5, 5.41) is 5.83. The highest BCUT2D eigenvalue weighted by Crippen LogP contribution is 2.35. The van der Waals surface area contributed by atoms with Gasteiger partial charge < -0.3 is 25.3 Å². The van der Waals surface area contributed by atoms with Gasteiger partial charge in [0.25, 0.3) is 11.8 Å². The number of aromatic nitrogens is 1. The number of carbonyl (C=O) groups excluding carboxylic acids is 4. The van der Waals surface area contributed by atoms with Crippen LogP contribution in [0.4, 0.5) is 5.69 Å². The van der Waals surface area contributed by atoms with E-state index in [1.165, 1.54) is 6.92 Å². The molecule has 1 aromatic carbocycles. The van der Waals surface area contributed by atoms with E-state index in [2.05, 4.69) is 34.4 Å². The van der Waals surface area contributed by atoms with E-state index in [1.54, 1.807) is 24.3 Å². The lowest BCUT2D eigenvalue weighted by molar-refractivity contribution is -0.145. The number of Topliss-reactive ketones (excluding diaryl/α,β-unsaturated/α-hetero) is 1. The van der Waals surface area contributed by atoms with Gasteiger partial charge in [0, 0.05) is 49.1 Å². The van der Waals surface area contributed by atoms with Crippen molar-refractivity contribution in [2.75, 3.05) is 38.1 Å². The molecular formula is C27H34N4O5. The molecular weight excluding hydrogens is 460 g/mol. The number of nitrogens with one attached hydrogen (secondary N) is 3. The molecule has 0 saturated carbocycles. The molecule has 2 heterocycles. The van der Waals surface area contributed by atoms with Crippen molar-refractivity contribution in [3.8, 4) is 0 Å².